The zero-order valence-electron chi connectivity index (χ0n) is 16.7. The first-order chi connectivity index (χ1) is 12.9. The number of amides is 3. The second kappa shape index (κ2) is 8.30. The van der Waals surface area contributed by atoms with E-state index in [1.54, 1.807) is 14.0 Å². The summed E-state index contributed by atoms with van der Waals surface area (Å²) in [6.07, 6.45) is 1.84. The Balaban J connectivity index is 1.54. The fourth-order valence-electron chi connectivity index (χ4n) is 4.42. The Labute approximate surface area is 161 Å². The fraction of sp³-hybridized carbons (Fsp3) is 0.619. The van der Waals surface area contributed by atoms with Crippen LogP contribution in [0, 0.1) is 18.3 Å². The molecule has 0 aromatic heterocycles. The zero-order chi connectivity index (χ0) is 19.4. The second-order valence-electron chi connectivity index (χ2n) is 8.05. The predicted molar refractivity (Wildman–Crippen MR) is 104 cm³/mol. The van der Waals surface area contributed by atoms with Gasteiger partial charge < -0.3 is 19.9 Å². The molecule has 1 aromatic rings. The molecular formula is C21H31N3O3. The van der Waals surface area contributed by atoms with Crippen molar-refractivity contribution in [2.45, 2.75) is 33.2 Å². The minimum Gasteiger partial charge on any atom is -0.384 e. The number of methoxy groups -OCH3 is 1. The number of ether oxygens (including phenoxy) is 1. The minimum absolute atomic E-state index is 0.00450. The Morgan fingerprint density at radius 1 is 1.19 bits per heavy atom. The van der Waals surface area contributed by atoms with Gasteiger partial charge in [-0.1, -0.05) is 29.8 Å². The highest BCUT2D eigenvalue weighted by molar-refractivity contribution is 5.74. The number of nitrogens with zero attached hydrogens (tertiary/aromatic N) is 2. The molecule has 1 aromatic carbocycles. The van der Waals surface area contributed by atoms with Crippen molar-refractivity contribution in [3.05, 3.63) is 35.4 Å². The molecule has 3 amide bonds. The van der Waals surface area contributed by atoms with E-state index in [2.05, 4.69) is 24.4 Å². The number of carbonyl (C=O) groups excluding carboxylic acids is 2. The first kappa shape index (κ1) is 19.7. The van der Waals surface area contributed by atoms with Gasteiger partial charge in [0.05, 0.1) is 6.61 Å². The number of aryl methyl sites for hydroxylation is 1. The first-order valence-corrected chi connectivity index (χ1v) is 9.76. The predicted octanol–water partition coefficient (Wildman–Crippen LogP) is 2.41. The number of likely N-dealkylation sites (tertiary alicyclic amines) is 2. The summed E-state index contributed by atoms with van der Waals surface area (Å²) in [4.78, 5) is 28.2. The molecule has 0 radical (unpaired) electrons. The molecule has 2 saturated heterocycles. The molecule has 2 aliphatic rings. The third-order valence-corrected chi connectivity index (χ3v) is 6.24. The molecule has 0 bridgehead atoms. The summed E-state index contributed by atoms with van der Waals surface area (Å²) in [6, 6.07) is 8.21. The average molecular weight is 373 g/mol. The van der Waals surface area contributed by atoms with E-state index in [0.29, 0.717) is 19.1 Å². The molecule has 2 aliphatic heterocycles. The van der Waals surface area contributed by atoms with Crippen molar-refractivity contribution in [2.75, 3.05) is 39.9 Å². The molecule has 3 rings (SSSR count). The molecule has 2 fully saturated rings. The van der Waals surface area contributed by atoms with E-state index in [-0.39, 0.29) is 17.4 Å². The lowest BCUT2D eigenvalue weighted by Gasteiger charge is -2.42. The Kier molecular flexibility index (Phi) is 6.05. The van der Waals surface area contributed by atoms with Crippen LogP contribution in [0.4, 0.5) is 4.79 Å². The van der Waals surface area contributed by atoms with Crippen molar-refractivity contribution in [3.63, 3.8) is 0 Å². The Bertz CT molecular complexity index is 666. The van der Waals surface area contributed by atoms with Gasteiger partial charge in [-0.25, -0.2) is 4.79 Å². The zero-order valence-corrected chi connectivity index (χ0v) is 16.7. The maximum atomic E-state index is 12.5. The van der Waals surface area contributed by atoms with Gasteiger partial charge in [0.25, 0.3) is 0 Å². The van der Waals surface area contributed by atoms with Crippen molar-refractivity contribution in [1.82, 2.24) is 15.1 Å². The number of benzene rings is 1. The Morgan fingerprint density at radius 2 is 1.85 bits per heavy atom. The summed E-state index contributed by atoms with van der Waals surface area (Å²) < 4.78 is 5.42. The minimum atomic E-state index is -0.00450. The molecular weight excluding hydrogens is 342 g/mol. The molecule has 2 heterocycles. The molecule has 6 nitrogen and oxygen atoms in total. The first-order valence-electron chi connectivity index (χ1n) is 9.76. The molecule has 1 spiro atoms. The normalized spacial score (nSPS) is 21.5. The third-order valence-electron chi connectivity index (χ3n) is 6.24. The van der Waals surface area contributed by atoms with E-state index < -0.39 is 0 Å². The van der Waals surface area contributed by atoms with Crippen LogP contribution in [0.25, 0.3) is 0 Å². The van der Waals surface area contributed by atoms with Crippen LogP contribution in [0.3, 0.4) is 0 Å². The van der Waals surface area contributed by atoms with Crippen LogP contribution >= 0.6 is 0 Å². The van der Waals surface area contributed by atoms with Gasteiger partial charge in [-0.2, -0.15) is 0 Å². The highest BCUT2D eigenvalue weighted by Crippen LogP contribution is 2.44. The topological polar surface area (TPSA) is 61.9 Å². The van der Waals surface area contributed by atoms with Gasteiger partial charge >= 0.3 is 6.03 Å². The van der Waals surface area contributed by atoms with Crippen LogP contribution in [0.2, 0.25) is 0 Å². The van der Waals surface area contributed by atoms with Gasteiger partial charge in [0.2, 0.25) is 5.91 Å². The van der Waals surface area contributed by atoms with Gasteiger partial charge in [0.15, 0.2) is 0 Å². The number of carbonyl (C=O) groups is 2. The molecule has 148 valence electrons. The van der Waals surface area contributed by atoms with Crippen LogP contribution in [-0.2, 0) is 16.1 Å². The Hall–Kier alpha value is -2.08. The molecule has 6 heteroatoms. The van der Waals surface area contributed by atoms with Gasteiger partial charge in [-0.15, -0.1) is 0 Å². The highest BCUT2D eigenvalue weighted by Gasteiger charge is 2.49. The second-order valence-corrected chi connectivity index (χ2v) is 8.05. The fourth-order valence-corrected chi connectivity index (χ4v) is 4.42. The van der Waals surface area contributed by atoms with Gasteiger partial charge in [-0.3, -0.25) is 4.79 Å². The van der Waals surface area contributed by atoms with Gasteiger partial charge in [-0.05, 0) is 30.7 Å². The summed E-state index contributed by atoms with van der Waals surface area (Å²) in [5, 5.41) is 3.03. The summed E-state index contributed by atoms with van der Waals surface area (Å²) in [6.45, 7) is 7.92. The molecule has 1 atom stereocenters. The number of urea groups is 1. The van der Waals surface area contributed by atoms with Crippen LogP contribution in [0.15, 0.2) is 24.3 Å². The van der Waals surface area contributed by atoms with Crippen LogP contribution < -0.4 is 5.32 Å². The maximum Gasteiger partial charge on any atom is 0.317 e. The largest absolute Gasteiger partial charge is 0.384 e. The number of nitrogens with one attached hydrogen (secondary N) is 1. The smallest absolute Gasteiger partial charge is 0.317 e. The lowest BCUT2D eigenvalue weighted by atomic mass is 9.71. The van der Waals surface area contributed by atoms with E-state index in [1.165, 1.54) is 5.56 Å². The number of hydrogen-bond donors (Lipinski definition) is 1. The molecule has 1 unspecified atom stereocenters. The Morgan fingerprint density at radius 3 is 2.44 bits per heavy atom. The monoisotopic (exact) mass is 373 g/mol. The highest BCUT2D eigenvalue weighted by atomic mass is 16.5. The lowest BCUT2D eigenvalue weighted by Crippen LogP contribution is -2.50. The molecule has 0 aliphatic carbocycles. The van der Waals surface area contributed by atoms with E-state index >= 15 is 0 Å². The standard InChI is InChI=1S/C21H31N3O3/c1-16-4-6-18(7-5-16)12-22-20(26)23-10-8-21(9-11-23)15-24(17(2)25)13-19(21)14-27-3/h4-7,19H,8-15H2,1-3H3,(H,22,26). The lowest BCUT2D eigenvalue weighted by molar-refractivity contribution is -0.128. The van der Waals surface area contributed by atoms with Crippen molar-refractivity contribution in [3.8, 4) is 0 Å². The van der Waals surface area contributed by atoms with Gasteiger partial charge in [0, 0.05) is 52.7 Å². The van der Waals surface area contributed by atoms with Crippen LogP contribution in [-0.4, -0.2) is 61.6 Å². The molecule has 27 heavy (non-hydrogen) atoms. The molecule has 1 N–H and O–H groups in total. The van der Waals surface area contributed by atoms with Crippen molar-refractivity contribution < 1.29 is 14.3 Å². The number of rotatable bonds is 4. The summed E-state index contributed by atoms with van der Waals surface area (Å²) in [5.74, 6) is 0.482. The number of hydrogen-bond acceptors (Lipinski definition) is 3. The summed E-state index contributed by atoms with van der Waals surface area (Å²) >= 11 is 0. The quantitative estimate of drug-likeness (QED) is 0.882. The molecule has 0 saturated carbocycles. The average Bonchev–Trinajstić information content (AvgIpc) is 3.00. The van der Waals surface area contributed by atoms with Gasteiger partial charge in [0.1, 0.15) is 0 Å². The number of piperidine rings is 1. The van der Waals surface area contributed by atoms with E-state index in [0.717, 1.165) is 44.6 Å². The van der Waals surface area contributed by atoms with Crippen LogP contribution in [0.5, 0.6) is 0 Å². The SMILES string of the molecule is COCC1CN(C(C)=O)CC12CCN(C(=O)NCc1ccc(C)cc1)CC2. The van der Waals surface area contributed by atoms with E-state index in [9.17, 15) is 9.59 Å². The van der Waals surface area contributed by atoms with Crippen molar-refractivity contribution in [2.24, 2.45) is 11.3 Å². The van der Waals surface area contributed by atoms with E-state index in [1.807, 2.05) is 21.9 Å². The van der Waals surface area contributed by atoms with Crippen molar-refractivity contribution in [1.29, 1.82) is 0 Å². The van der Waals surface area contributed by atoms with Crippen molar-refractivity contribution >= 4 is 11.9 Å². The van der Waals surface area contributed by atoms with E-state index in [4.69, 9.17) is 4.74 Å². The summed E-state index contributed by atoms with van der Waals surface area (Å²) in [7, 11) is 1.72. The summed E-state index contributed by atoms with van der Waals surface area (Å²) in [5.41, 5.74) is 2.40. The third kappa shape index (κ3) is 4.43. The maximum absolute atomic E-state index is 12.5. The van der Waals surface area contributed by atoms with Crippen LogP contribution in [0.1, 0.15) is 30.9 Å².